The number of rotatable bonds is 1. The van der Waals surface area contributed by atoms with E-state index in [9.17, 15) is 0 Å². The van der Waals surface area contributed by atoms with Crippen LogP contribution >= 0.6 is 11.3 Å². The lowest BCUT2D eigenvalue weighted by atomic mass is 10.3. The summed E-state index contributed by atoms with van der Waals surface area (Å²) in [5.41, 5.74) is 1.12. The lowest BCUT2D eigenvalue weighted by Gasteiger charge is -2.21. The summed E-state index contributed by atoms with van der Waals surface area (Å²) >= 11 is 1.78. The van der Waals surface area contributed by atoms with Gasteiger partial charge in [0.1, 0.15) is 0 Å². The Morgan fingerprint density at radius 3 is 2.93 bits per heavy atom. The molecule has 2 nitrogen and oxygen atoms in total. The largest absolute Gasteiger partial charge is 0.344 e. The van der Waals surface area contributed by atoms with Crippen LogP contribution in [-0.4, -0.2) is 18.1 Å². The second-order valence-electron chi connectivity index (χ2n) is 3.67. The van der Waals surface area contributed by atoms with Crippen LogP contribution in [0.25, 0.3) is 10.2 Å². The molecule has 1 aliphatic heterocycles. The lowest BCUT2D eigenvalue weighted by Crippen LogP contribution is -2.26. The number of para-hydroxylation sites is 1. The highest BCUT2D eigenvalue weighted by Crippen LogP contribution is 2.29. The minimum atomic E-state index is 1.000. The average molecular weight is 216 g/mol. The summed E-state index contributed by atoms with van der Waals surface area (Å²) in [7, 11) is 0. The van der Waals surface area contributed by atoms with Gasteiger partial charge in [-0.05, 0) is 18.6 Å². The zero-order chi connectivity index (χ0) is 10.1. The predicted molar refractivity (Wildman–Crippen MR) is 65.6 cm³/mol. The highest BCUT2D eigenvalue weighted by atomic mass is 32.1. The molecule has 0 unspecified atom stereocenters. The quantitative estimate of drug-likeness (QED) is 0.681. The standard InChI is InChI=1S/C12H12N2S/c1-4-8-14(9-5-1)12-13-10-6-2-3-7-11(10)15-12/h1-4,6-7H,5,8-9H2. The third-order valence-corrected chi connectivity index (χ3v) is 3.71. The van der Waals surface area contributed by atoms with Gasteiger partial charge in [0.2, 0.25) is 0 Å². The number of aromatic nitrogens is 1. The van der Waals surface area contributed by atoms with E-state index < -0.39 is 0 Å². The maximum atomic E-state index is 4.65. The van der Waals surface area contributed by atoms with E-state index in [1.54, 1.807) is 11.3 Å². The Bertz CT molecular complexity index is 468. The van der Waals surface area contributed by atoms with Gasteiger partial charge in [0.25, 0.3) is 0 Å². The van der Waals surface area contributed by atoms with Crippen molar-refractivity contribution >= 4 is 26.7 Å². The highest BCUT2D eigenvalue weighted by molar-refractivity contribution is 7.22. The van der Waals surface area contributed by atoms with Crippen LogP contribution in [0.2, 0.25) is 0 Å². The van der Waals surface area contributed by atoms with Crippen LogP contribution < -0.4 is 4.90 Å². The highest BCUT2D eigenvalue weighted by Gasteiger charge is 2.11. The number of thiazole rings is 1. The van der Waals surface area contributed by atoms with Crippen molar-refractivity contribution in [3.8, 4) is 0 Å². The van der Waals surface area contributed by atoms with Crippen LogP contribution in [0, 0.1) is 0 Å². The van der Waals surface area contributed by atoms with E-state index in [0.29, 0.717) is 0 Å². The van der Waals surface area contributed by atoms with E-state index in [4.69, 9.17) is 0 Å². The summed E-state index contributed by atoms with van der Waals surface area (Å²) in [5, 5.41) is 1.15. The van der Waals surface area contributed by atoms with Crippen LogP contribution in [0.3, 0.4) is 0 Å². The van der Waals surface area contributed by atoms with Crippen LogP contribution in [0.15, 0.2) is 36.4 Å². The van der Waals surface area contributed by atoms with Gasteiger partial charge in [-0.25, -0.2) is 4.98 Å². The van der Waals surface area contributed by atoms with Gasteiger partial charge in [0, 0.05) is 13.1 Å². The molecule has 0 spiro atoms. The molecule has 2 heterocycles. The summed E-state index contributed by atoms with van der Waals surface area (Å²) in [4.78, 5) is 6.98. The van der Waals surface area contributed by atoms with Crippen molar-refractivity contribution in [2.75, 3.05) is 18.0 Å². The lowest BCUT2D eigenvalue weighted by molar-refractivity contribution is 0.818. The summed E-state index contributed by atoms with van der Waals surface area (Å²) in [5.74, 6) is 0. The Kier molecular flexibility index (Phi) is 2.18. The molecule has 0 fully saturated rings. The Labute approximate surface area is 92.9 Å². The van der Waals surface area contributed by atoms with Crippen molar-refractivity contribution in [2.45, 2.75) is 6.42 Å². The van der Waals surface area contributed by atoms with Gasteiger partial charge in [-0.3, -0.25) is 0 Å². The number of hydrogen-bond acceptors (Lipinski definition) is 3. The summed E-state index contributed by atoms with van der Waals surface area (Å²) in [6.07, 6.45) is 5.59. The van der Waals surface area contributed by atoms with Crippen molar-refractivity contribution in [3.63, 3.8) is 0 Å². The van der Waals surface area contributed by atoms with Crippen molar-refractivity contribution in [1.82, 2.24) is 4.98 Å². The molecule has 2 aromatic rings. The second kappa shape index (κ2) is 3.66. The average Bonchev–Trinajstić information content (AvgIpc) is 2.74. The molecule has 1 aromatic heterocycles. The number of nitrogens with zero attached hydrogens (tertiary/aromatic N) is 2. The monoisotopic (exact) mass is 216 g/mol. The summed E-state index contributed by atoms with van der Waals surface area (Å²) in [6.45, 7) is 2.09. The normalized spacial score (nSPS) is 16.1. The molecule has 0 aliphatic carbocycles. The van der Waals surface area contributed by atoms with E-state index in [2.05, 4.69) is 40.2 Å². The van der Waals surface area contributed by atoms with Crippen LogP contribution in [-0.2, 0) is 0 Å². The van der Waals surface area contributed by atoms with E-state index in [1.165, 1.54) is 4.70 Å². The first-order valence-corrected chi connectivity index (χ1v) is 6.01. The van der Waals surface area contributed by atoms with Gasteiger partial charge in [-0.15, -0.1) is 0 Å². The zero-order valence-corrected chi connectivity index (χ0v) is 9.20. The molecule has 1 aromatic carbocycles. The molecule has 0 amide bonds. The fourth-order valence-corrected chi connectivity index (χ4v) is 2.81. The maximum Gasteiger partial charge on any atom is 0.186 e. The van der Waals surface area contributed by atoms with Gasteiger partial charge >= 0.3 is 0 Å². The fourth-order valence-electron chi connectivity index (χ4n) is 1.81. The fraction of sp³-hybridized carbons (Fsp3) is 0.250. The van der Waals surface area contributed by atoms with Crippen molar-refractivity contribution in [1.29, 1.82) is 0 Å². The third kappa shape index (κ3) is 1.63. The molecule has 15 heavy (non-hydrogen) atoms. The molecule has 0 bridgehead atoms. The molecule has 0 atom stereocenters. The van der Waals surface area contributed by atoms with E-state index in [-0.39, 0.29) is 0 Å². The summed E-state index contributed by atoms with van der Waals surface area (Å²) in [6, 6.07) is 8.33. The molecule has 3 heteroatoms. The van der Waals surface area contributed by atoms with E-state index in [1.807, 2.05) is 6.07 Å². The Morgan fingerprint density at radius 1 is 1.20 bits per heavy atom. The predicted octanol–water partition coefficient (Wildman–Crippen LogP) is 3.06. The SMILES string of the molecule is C1=CCN(c2nc3ccccc3s2)CC1. The van der Waals surface area contributed by atoms with Gasteiger partial charge in [-0.1, -0.05) is 35.6 Å². The Balaban J connectivity index is 2.00. The van der Waals surface area contributed by atoms with E-state index >= 15 is 0 Å². The molecular formula is C12H12N2S. The minimum Gasteiger partial charge on any atom is -0.344 e. The second-order valence-corrected chi connectivity index (χ2v) is 4.68. The first kappa shape index (κ1) is 8.92. The Hall–Kier alpha value is -1.35. The van der Waals surface area contributed by atoms with E-state index in [0.717, 1.165) is 30.2 Å². The molecule has 76 valence electrons. The smallest absolute Gasteiger partial charge is 0.186 e. The van der Waals surface area contributed by atoms with Gasteiger partial charge < -0.3 is 4.90 Å². The first-order chi connectivity index (χ1) is 7.43. The Morgan fingerprint density at radius 2 is 2.13 bits per heavy atom. The number of anilines is 1. The zero-order valence-electron chi connectivity index (χ0n) is 8.39. The first-order valence-electron chi connectivity index (χ1n) is 5.19. The molecule has 0 radical (unpaired) electrons. The topological polar surface area (TPSA) is 16.1 Å². The van der Waals surface area contributed by atoms with Crippen molar-refractivity contribution < 1.29 is 0 Å². The summed E-state index contributed by atoms with van der Waals surface area (Å²) < 4.78 is 1.28. The molecule has 0 N–H and O–H groups in total. The molecular weight excluding hydrogens is 204 g/mol. The maximum absolute atomic E-state index is 4.65. The number of hydrogen-bond donors (Lipinski definition) is 0. The van der Waals surface area contributed by atoms with Crippen LogP contribution in [0.5, 0.6) is 0 Å². The van der Waals surface area contributed by atoms with Gasteiger partial charge in [0.05, 0.1) is 10.2 Å². The van der Waals surface area contributed by atoms with Crippen molar-refractivity contribution in [2.24, 2.45) is 0 Å². The molecule has 3 rings (SSSR count). The third-order valence-electron chi connectivity index (χ3n) is 2.61. The molecule has 0 saturated heterocycles. The van der Waals surface area contributed by atoms with Crippen LogP contribution in [0.4, 0.5) is 5.13 Å². The molecule has 1 aliphatic rings. The van der Waals surface area contributed by atoms with Crippen LogP contribution in [0.1, 0.15) is 6.42 Å². The van der Waals surface area contributed by atoms with Gasteiger partial charge in [-0.2, -0.15) is 0 Å². The minimum absolute atomic E-state index is 1.000. The number of fused-ring (bicyclic) bond motifs is 1. The molecule has 0 saturated carbocycles. The van der Waals surface area contributed by atoms with Gasteiger partial charge in [0.15, 0.2) is 5.13 Å². The van der Waals surface area contributed by atoms with Crippen molar-refractivity contribution in [3.05, 3.63) is 36.4 Å². The number of benzene rings is 1.